The maximum atomic E-state index is 11.8. The summed E-state index contributed by atoms with van der Waals surface area (Å²) >= 11 is 0. The van der Waals surface area contributed by atoms with Gasteiger partial charge in [-0.2, -0.15) is 13.1 Å². The van der Waals surface area contributed by atoms with Gasteiger partial charge in [0.25, 0.3) is 0 Å². The standard InChI is InChI=1S/C13H18N2O5S/c1-4-10-14-21(18,19)20-12(13(2,3)15(16)17)11-8-6-5-7-9-11/h4-9,12,14H,1,10H2,2-3H3. The molecule has 1 atom stereocenters. The number of benzene rings is 1. The predicted octanol–water partition coefficient (Wildman–Crippen LogP) is 1.82. The van der Waals surface area contributed by atoms with Gasteiger partial charge in [0, 0.05) is 25.3 Å². The number of nitro groups is 1. The van der Waals surface area contributed by atoms with Gasteiger partial charge in [-0.1, -0.05) is 36.4 Å². The molecular formula is C13H18N2O5S. The largest absolute Gasteiger partial charge is 0.336 e. The molecule has 0 aliphatic carbocycles. The monoisotopic (exact) mass is 314 g/mol. The minimum absolute atomic E-state index is 0.0251. The van der Waals surface area contributed by atoms with Crippen LogP contribution in [-0.4, -0.2) is 25.4 Å². The van der Waals surface area contributed by atoms with Crippen molar-refractivity contribution < 1.29 is 17.5 Å². The van der Waals surface area contributed by atoms with Crippen LogP contribution in [0.2, 0.25) is 0 Å². The van der Waals surface area contributed by atoms with Crippen molar-refractivity contribution >= 4 is 10.3 Å². The fourth-order valence-corrected chi connectivity index (χ4v) is 2.62. The Morgan fingerprint density at radius 2 is 2.00 bits per heavy atom. The van der Waals surface area contributed by atoms with Crippen molar-refractivity contribution in [2.75, 3.05) is 6.54 Å². The molecule has 21 heavy (non-hydrogen) atoms. The molecular weight excluding hydrogens is 296 g/mol. The van der Waals surface area contributed by atoms with E-state index in [9.17, 15) is 18.5 Å². The zero-order chi connectivity index (χ0) is 16.1. The molecule has 0 saturated heterocycles. The van der Waals surface area contributed by atoms with Crippen molar-refractivity contribution in [2.45, 2.75) is 25.5 Å². The van der Waals surface area contributed by atoms with E-state index >= 15 is 0 Å². The number of hydrogen-bond acceptors (Lipinski definition) is 5. The highest BCUT2D eigenvalue weighted by Gasteiger charge is 2.45. The van der Waals surface area contributed by atoms with Gasteiger partial charge in [-0.15, -0.1) is 6.58 Å². The maximum absolute atomic E-state index is 11.8. The molecule has 116 valence electrons. The van der Waals surface area contributed by atoms with Crippen molar-refractivity contribution in [1.29, 1.82) is 0 Å². The second-order valence-electron chi connectivity index (χ2n) is 4.89. The number of nitrogens with zero attached hydrogens (tertiary/aromatic N) is 1. The Balaban J connectivity index is 3.16. The molecule has 1 aromatic rings. The van der Waals surface area contributed by atoms with Gasteiger partial charge in [0.15, 0.2) is 6.10 Å². The van der Waals surface area contributed by atoms with Crippen molar-refractivity contribution in [1.82, 2.24) is 4.72 Å². The summed E-state index contributed by atoms with van der Waals surface area (Å²) in [6.07, 6.45) is 0.0906. The smallest absolute Gasteiger partial charge is 0.264 e. The van der Waals surface area contributed by atoms with Gasteiger partial charge < -0.3 is 0 Å². The van der Waals surface area contributed by atoms with Gasteiger partial charge in [-0.3, -0.25) is 10.1 Å². The van der Waals surface area contributed by atoms with E-state index in [1.807, 2.05) is 0 Å². The van der Waals surface area contributed by atoms with E-state index in [1.165, 1.54) is 19.9 Å². The van der Waals surface area contributed by atoms with Gasteiger partial charge in [-0.25, -0.2) is 4.18 Å². The Hall–Kier alpha value is -1.77. The topological polar surface area (TPSA) is 98.5 Å². The van der Waals surface area contributed by atoms with Crippen LogP contribution in [0.4, 0.5) is 0 Å². The van der Waals surface area contributed by atoms with E-state index in [0.29, 0.717) is 5.56 Å². The van der Waals surface area contributed by atoms with Crippen LogP contribution >= 0.6 is 0 Å². The average molecular weight is 314 g/mol. The Morgan fingerprint density at radius 1 is 1.43 bits per heavy atom. The number of rotatable bonds is 8. The van der Waals surface area contributed by atoms with Crippen LogP contribution in [0.5, 0.6) is 0 Å². The van der Waals surface area contributed by atoms with Crippen molar-refractivity contribution in [3.63, 3.8) is 0 Å². The molecule has 1 N–H and O–H groups in total. The second-order valence-corrected chi connectivity index (χ2v) is 6.28. The normalized spacial score (nSPS) is 13.6. The molecule has 0 heterocycles. The molecule has 0 aliphatic heterocycles. The summed E-state index contributed by atoms with van der Waals surface area (Å²) in [6.45, 7) is 5.99. The van der Waals surface area contributed by atoms with Gasteiger partial charge in [0.1, 0.15) is 0 Å². The molecule has 0 aromatic heterocycles. The van der Waals surface area contributed by atoms with Crippen LogP contribution in [0.25, 0.3) is 0 Å². The first kappa shape index (κ1) is 17.3. The molecule has 8 heteroatoms. The summed E-state index contributed by atoms with van der Waals surface area (Å²) in [5.41, 5.74) is -1.22. The molecule has 0 amide bonds. The zero-order valence-corrected chi connectivity index (χ0v) is 12.7. The third kappa shape index (κ3) is 4.62. The third-order valence-corrected chi connectivity index (χ3v) is 3.81. The van der Waals surface area contributed by atoms with Crippen LogP contribution in [0.15, 0.2) is 43.0 Å². The first-order chi connectivity index (χ1) is 9.70. The van der Waals surface area contributed by atoms with Crippen LogP contribution in [0.1, 0.15) is 25.5 Å². The Kier molecular flexibility index (Phi) is 5.59. The molecule has 0 spiro atoms. The lowest BCUT2D eigenvalue weighted by Gasteiger charge is -2.26. The summed E-state index contributed by atoms with van der Waals surface area (Å²) in [7, 11) is -4.13. The maximum Gasteiger partial charge on any atom is 0.336 e. The lowest BCUT2D eigenvalue weighted by atomic mass is 9.92. The molecule has 1 rings (SSSR count). The second kappa shape index (κ2) is 6.79. The summed E-state index contributed by atoms with van der Waals surface area (Å²) in [5.74, 6) is 0. The summed E-state index contributed by atoms with van der Waals surface area (Å²) in [4.78, 5) is 10.7. The Morgan fingerprint density at radius 3 is 2.48 bits per heavy atom. The van der Waals surface area contributed by atoms with Crippen LogP contribution in [-0.2, 0) is 14.5 Å². The first-order valence-corrected chi connectivity index (χ1v) is 7.59. The van der Waals surface area contributed by atoms with E-state index in [4.69, 9.17) is 4.18 Å². The third-order valence-electron chi connectivity index (χ3n) is 2.84. The molecule has 0 aliphatic rings. The molecule has 0 radical (unpaired) electrons. The highest BCUT2D eigenvalue weighted by molar-refractivity contribution is 7.84. The lowest BCUT2D eigenvalue weighted by Crippen LogP contribution is -2.42. The summed E-state index contributed by atoms with van der Waals surface area (Å²) in [5, 5.41) is 11.2. The SMILES string of the molecule is C=CCNS(=O)(=O)OC(c1ccccc1)C(C)(C)[N+](=O)[O-]. The Labute approximate surface area is 124 Å². The molecule has 0 fully saturated rings. The van der Waals surface area contributed by atoms with Crippen LogP contribution in [0.3, 0.4) is 0 Å². The van der Waals surface area contributed by atoms with Gasteiger partial charge in [-0.05, 0) is 5.56 Å². The van der Waals surface area contributed by atoms with Crippen LogP contribution < -0.4 is 4.72 Å². The summed E-state index contributed by atoms with van der Waals surface area (Å²) in [6, 6.07) is 8.21. The summed E-state index contributed by atoms with van der Waals surface area (Å²) < 4.78 is 30.8. The molecule has 0 bridgehead atoms. The Bertz CT molecular complexity index is 598. The van der Waals surface area contributed by atoms with E-state index in [2.05, 4.69) is 11.3 Å². The predicted molar refractivity (Wildman–Crippen MR) is 78.5 cm³/mol. The van der Waals surface area contributed by atoms with E-state index in [0.717, 1.165) is 0 Å². The number of hydrogen-bond donors (Lipinski definition) is 1. The fourth-order valence-electron chi connectivity index (χ4n) is 1.63. The lowest BCUT2D eigenvalue weighted by molar-refractivity contribution is -0.573. The van der Waals surface area contributed by atoms with Crippen LogP contribution in [0, 0.1) is 10.1 Å². The first-order valence-electron chi connectivity index (χ1n) is 6.19. The fraction of sp³-hybridized carbons (Fsp3) is 0.385. The average Bonchev–Trinajstić information content (AvgIpc) is 2.43. The van der Waals surface area contributed by atoms with Crippen molar-refractivity contribution in [3.8, 4) is 0 Å². The molecule has 7 nitrogen and oxygen atoms in total. The molecule has 1 unspecified atom stereocenters. The highest BCUT2D eigenvalue weighted by Crippen LogP contribution is 2.32. The van der Waals surface area contributed by atoms with Gasteiger partial charge in [0.05, 0.1) is 0 Å². The molecule has 1 aromatic carbocycles. The zero-order valence-electron chi connectivity index (χ0n) is 11.9. The minimum atomic E-state index is -4.13. The quantitative estimate of drug-likeness (QED) is 0.448. The van der Waals surface area contributed by atoms with Gasteiger partial charge >= 0.3 is 10.3 Å². The van der Waals surface area contributed by atoms with Crippen molar-refractivity contribution in [2.24, 2.45) is 0 Å². The molecule has 0 saturated carbocycles. The van der Waals surface area contributed by atoms with E-state index in [1.54, 1.807) is 30.3 Å². The van der Waals surface area contributed by atoms with Crippen molar-refractivity contribution in [3.05, 3.63) is 58.7 Å². The number of nitrogens with one attached hydrogen (secondary N) is 1. The van der Waals surface area contributed by atoms with E-state index in [-0.39, 0.29) is 6.54 Å². The minimum Gasteiger partial charge on any atom is -0.264 e. The van der Waals surface area contributed by atoms with E-state index < -0.39 is 26.9 Å². The van der Waals surface area contributed by atoms with Gasteiger partial charge in [0.2, 0.25) is 5.54 Å². The highest BCUT2D eigenvalue weighted by atomic mass is 32.2.